The molecular formula is C22H26N4O2S. The fraction of sp³-hybridized carbons (Fsp3) is 0.318. The molecule has 0 fully saturated rings. The van der Waals surface area contributed by atoms with E-state index in [9.17, 15) is 4.79 Å². The van der Waals surface area contributed by atoms with Gasteiger partial charge in [-0.05, 0) is 24.1 Å². The van der Waals surface area contributed by atoms with Gasteiger partial charge in [-0.3, -0.25) is 9.36 Å². The molecule has 1 amide bonds. The Hall–Kier alpha value is -2.80. The standard InChI is InChI=1S/C22H26N4O2S/c1-3-4-14-23-21(27)16-29-22-25-24-20(15-17-10-6-5-7-11-17)26(22)18-12-8-9-13-19(18)28-2/h5-13H,3-4,14-16H2,1-2H3,(H,23,27). The SMILES string of the molecule is CCCCNC(=O)CSc1nnc(Cc2ccccc2)n1-c1ccccc1OC. The summed E-state index contributed by atoms with van der Waals surface area (Å²) >= 11 is 1.38. The van der Waals surface area contributed by atoms with Gasteiger partial charge in [0.1, 0.15) is 11.6 Å². The number of nitrogens with one attached hydrogen (secondary N) is 1. The Bertz CT molecular complexity index is 928. The van der Waals surface area contributed by atoms with Crippen LogP contribution in [0.25, 0.3) is 5.69 Å². The molecule has 3 aromatic rings. The highest BCUT2D eigenvalue weighted by Gasteiger charge is 2.18. The molecule has 2 aromatic carbocycles. The second kappa shape index (κ2) is 10.7. The highest BCUT2D eigenvalue weighted by Crippen LogP contribution is 2.29. The molecule has 0 radical (unpaired) electrons. The van der Waals surface area contributed by atoms with Crippen molar-refractivity contribution in [2.45, 2.75) is 31.3 Å². The van der Waals surface area contributed by atoms with Crippen molar-refractivity contribution < 1.29 is 9.53 Å². The number of carbonyl (C=O) groups is 1. The lowest BCUT2D eigenvalue weighted by Crippen LogP contribution is -2.26. The fourth-order valence-corrected chi connectivity index (χ4v) is 3.72. The van der Waals surface area contributed by atoms with E-state index >= 15 is 0 Å². The van der Waals surface area contributed by atoms with Gasteiger partial charge >= 0.3 is 0 Å². The minimum absolute atomic E-state index is 0.00244. The van der Waals surface area contributed by atoms with Crippen molar-refractivity contribution >= 4 is 17.7 Å². The van der Waals surface area contributed by atoms with Crippen molar-refractivity contribution in [2.24, 2.45) is 0 Å². The molecule has 0 saturated heterocycles. The average Bonchev–Trinajstić information content (AvgIpc) is 3.15. The molecule has 7 heteroatoms. The van der Waals surface area contributed by atoms with Crippen LogP contribution in [0.5, 0.6) is 5.75 Å². The third-order valence-electron chi connectivity index (χ3n) is 4.42. The zero-order valence-electron chi connectivity index (χ0n) is 16.8. The van der Waals surface area contributed by atoms with Gasteiger partial charge in [0.15, 0.2) is 5.16 Å². The summed E-state index contributed by atoms with van der Waals surface area (Å²) in [6.45, 7) is 2.80. The molecular weight excluding hydrogens is 384 g/mol. The number of aromatic nitrogens is 3. The Morgan fingerprint density at radius 2 is 1.86 bits per heavy atom. The average molecular weight is 411 g/mol. The van der Waals surface area contributed by atoms with Crippen LogP contribution in [0, 0.1) is 0 Å². The lowest BCUT2D eigenvalue weighted by molar-refractivity contribution is -0.118. The third-order valence-corrected chi connectivity index (χ3v) is 5.35. The Morgan fingerprint density at radius 1 is 1.10 bits per heavy atom. The number of para-hydroxylation sites is 2. The van der Waals surface area contributed by atoms with E-state index in [1.165, 1.54) is 11.8 Å². The highest BCUT2D eigenvalue weighted by molar-refractivity contribution is 7.99. The number of unbranched alkanes of at least 4 members (excludes halogenated alkanes) is 1. The number of hydrogen-bond acceptors (Lipinski definition) is 5. The molecule has 0 bridgehead atoms. The van der Waals surface area contributed by atoms with E-state index in [1.54, 1.807) is 7.11 Å². The first-order chi connectivity index (χ1) is 14.2. The van der Waals surface area contributed by atoms with Crippen LogP contribution < -0.4 is 10.1 Å². The molecule has 152 valence electrons. The molecule has 0 aliphatic carbocycles. The Labute approximate surface area is 175 Å². The lowest BCUT2D eigenvalue weighted by atomic mass is 10.1. The molecule has 1 aromatic heterocycles. The predicted octanol–water partition coefficient (Wildman–Crippen LogP) is 3.88. The normalized spacial score (nSPS) is 10.7. The van der Waals surface area contributed by atoms with E-state index in [0.29, 0.717) is 23.9 Å². The van der Waals surface area contributed by atoms with Gasteiger partial charge in [0, 0.05) is 13.0 Å². The summed E-state index contributed by atoms with van der Waals surface area (Å²) in [5, 5.41) is 12.4. The van der Waals surface area contributed by atoms with Crippen molar-refractivity contribution in [2.75, 3.05) is 19.4 Å². The number of thioether (sulfide) groups is 1. The zero-order chi connectivity index (χ0) is 20.5. The number of methoxy groups -OCH3 is 1. The molecule has 0 unspecified atom stereocenters. The molecule has 0 saturated carbocycles. The van der Waals surface area contributed by atoms with Crippen LogP contribution in [0.1, 0.15) is 31.2 Å². The molecule has 29 heavy (non-hydrogen) atoms. The van der Waals surface area contributed by atoms with Crippen LogP contribution >= 0.6 is 11.8 Å². The maximum absolute atomic E-state index is 12.1. The summed E-state index contributed by atoms with van der Waals surface area (Å²) in [5.74, 6) is 1.83. The quantitative estimate of drug-likeness (QED) is 0.406. The number of hydrogen-bond donors (Lipinski definition) is 1. The number of benzene rings is 2. The van der Waals surface area contributed by atoms with Crippen LogP contribution in [0.2, 0.25) is 0 Å². The highest BCUT2D eigenvalue weighted by atomic mass is 32.2. The van der Waals surface area contributed by atoms with Crippen LogP contribution in [0.4, 0.5) is 0 Å². The maximum Gasteiger partial charge on any atom is 0.230 e. The van der Waals surface area contributed by atoms with E-state index in [1.807, 2.05) is 47.0 Å². The van der Waals surface area contributed by atoms with Crippen LogP contribution in [-0.4, -0.2) is 40.1 Å². The van der Waals surface area contributed by atoms with Gasteiger partial charge in [0.05, 0.1) is 18.6 Å². The smallest absolute Gasteiger partial charge is 0.230 e. The van der Waals surface area contributed by atoms with Crippen LogP contribution in [-0.2, 0) is 11.2 Å². The van der Waals surface area contributed by atoms with Gasteiger partial charge in [0.25, 0.3) is 0 Å². The molecule has 0 aliphatic rings. The molecule has 6 nitrogen and oxygen atoms in total. The first kappa shape index (κ1) is 20.9. The summed E-state index contributed by atoms with van der Waals surface area (Å²) in [6, 6.07) is 17.9. The van der Waals surface area contributed by atoms with Crippen molar-refractivity contribution in [1.29, 1.82) is 0 Å². The fourth-order valence-electron chi connectivity index (χ4n) is 2.93. The number of carbonyl (C=O) groups excluding carboxylic acids is 1. The molecule has 3 rings (SSSR count). The van der Waals surface area contributed by atoms with Crippen molar-refractivity contribution in [3.05, 3.63) is 66.0 Å². The summed E-state index contributed by atoms with van der Waals surface area (Å²) in [6.07, 6.45) is 2.67. The van der Waals surface area contributed by atoms with E-state index in [-0.39, 0.29) is 5.91 Å². The second-order valence-corrected chi connectivity index (χ2v) is 7.50. The number of nitrogens with zero attached hydrogens (tertiary/aromatic N) is 3. The van der Waals surface area contributed by atoms with Gasteiger partial charge < -0.3 is 10.1 Å². The first-order valence-electron chi connectivity index (χ1n) is 9.74. The second-order valence-electron chi connectivity index (χ2n) is 6.56. The number of rotatable bonds is 10. The topological polar surface area (TPSA) is 69.0 Å². The maximum atomic E-state index is 12.1. The zero-order valence-corrected chi connectivity index (χ0v) is 17.6. The van der Waals surface area contributed by atoms with E-state index < -0.39 is 0 Å². The van der Waals surface area contributed by atoms with E-state index in [0.717, 1.165) is 35.7 Å². The third kappa shape index (κ3) is 5.60. The largest absolute Gasteiger partial charge is 0.495 e. The Morgan fingerprint density at radius 3 is 2.62 bits per heavy atom. The van der Waals surface area contributed by atoms with Gasteiger partial charge in [-0.25, -0.2) is 0 Å². The number of ether oxygens (including phenoxy) is 1. The Kier molecular flexibility index (Phi) is 7.69. The molecule has 1 N–H and O–H groups in total. The van der Waals surface area contributed by atoms with E-state index in [2.05, 4.69) is 34.6 Å². The Balaban J connectivity index is 1.87. The van der Waals surface area contributed by atoms with Crippen LogP contribution in [0.3, 0.4) is 0 Å². The van der Waals surface area contributed by atoms with Crippen molar-refractivity contribution in [3.63, 3.8) is 0 Å². The van der Waals surface area contributed by atoms with Gasteiger partial charge in [-0.1, -0.05) is 67.6 Å². The minimum atomic E-state index is 0.00244. The number of amides is 1. The van der Waals surface area contributed by atoms with Gasteiger partial charge in [0.2, 0.25) is 5.91 Å². The monoisotopic (exact) mass is 410 g/mol. The molecule has 0 aliphatic heterocycles. The van der Waals surface area contributed by atoms with Crippen molar-refractivity contribution in [3.8, 4) is 11.4 Å². The minimum Gasteiger partial charge on any atom is -0.495 e. The predicted molar refractivity (Wildman–Crippen MR) is 116 cm³/mol. The summed E-state index contributed by atoms with van der Waals surface area (Å²) in [7, 11) is 1.65. The molecule has 0 atom stereocenters. The summed E-state index contributed by atoms with van der Waals surface area (Å²) in [4.78, 5) is 12.1. The first-order valence-corrected chi connectivity index (χ1v) is 10.7. The van der Waals surface area contributed by atoms with Gasteiger partial charge in [-0.15, -0.1) is 10.2 Å². The molecule has 0 spiro atoms. The van der Waals surface area contributed by atoms with Crippen molar-refractivity contribution in [1.82, 2.24) is 20.1 Å². The van der Waals surface area contributed by atoms with Gasteiger partial charge in [-0.2, -0.15) is 0 Å². The molecule has 1 heterocycles. The summed E-state index contributed by atoms with van der Waals surface area (Å²) < 4.78 is 7.54. The lowest BCUT2D eigenvalue weighted by Gasteiger charge is -2.14. The van der Waals surface area contributed by atoms with Crippen LogP contribution in [0.15, 0.2) is 59.8 Å². The summed E-state index contributed by atoms with van der Waals surface area (Å²) in [5.41, 5.74) is 2.00. The van der Waals surface area contributed by atoms with E-state index in [4.69, 9.17) is 4.74 Å².